The Bertz CT molecular complexity index is 757. The molecular formula is C12H10Cl2N6. The Morgan fingerprint density at radius 2 is 2.00 bits per heavy atom. The summed E-state index contributed by atoms with van der Waals surface area (Å²) in [7, 11) is 0. The van der Waals surface area contributed by atoms with Crippen LogP contribution in [0.1, 0.15) is 18.5 Å². The zero-order valence-electron chi connectivity index (χ0n) is 10.5. The Kier molecular flexibility index (Phi) is 3.42. The fraction of sp³-hybridized carbons (Fsp3) is 0.167. The topological polar surface area (TPSA) is 68.0 Å². The molecule has 0 aliphatic carbocycles. The standard InChI is InChI=1S/C12H10Cl2N6/c1-7(8-2-3-9(13)10(14)6-8)15-11-4-5-12-16-18-19-20(12)17-11/h2-7H,1H3,(H,15,17)/t7-/m1/s1. The van der Waals surface area contributed by atoms with Crippen LogP contribution in [0.25, 0.3) is 5.65 Å². The minimum atomic E-state index is 0.0196. The number of halogens is 2. The average Bonchev–Trinajstić information content (AvgIpc) is 2.89. The highest BCUT2D eigenvalue weighted by molar-refractivity contribution is 6.42. The Labute approximate surface area is 124 Å². The van der Waals surface area contributed by atoms with E-state index in [1.54, 1.807) is 12.1 Å². The first-order valence-electron chi connectivity index (χ1n) is 5.90. The molecule has 0 aliphatic heterocycles. The molecule has 0 unspecified atom stereocenters. The molecule has 102 valence electrons. The predicted octanol–water partition coefficient (Wildman–Crippen LogP) is 3.00. The second-order valence-corrected chi connectivity index (χ2v) is 5.10. The van der Waals surface area contributed by atoms with Gasteiger partial charge in [0.1, 0.15) is 5.82 Å². The molecule has 2 heterocycles. The number of benzene rings is 1. The predicted molar refractivity (Wildman–Crippen MR) is 77.1 cm³/mol. The van der Waals surface area contributed by atoms with Gasteiger partial charge in [-0.05, 0) is 47.2 Å². The molecule has 0 aliphatic rings. The molecule has 6 nitrogen and oxygen atoms in total. The van der Waals surface area contributed by atoms with Crippen LogP contribution in [-0.4, -0.2) is 25.3 Å². The Morgan fingerprint density at radius 3 is 2.80 bits per heavy atom. The zero-order chi connectivity index (χ0) is 14.1. The van der Waals surface area contributed by atoms with Crippen molar-refractivity contribution in [2.24, 2.45) is 0 Å². The van der Waals surface area contributed by atoms with Crippen LogP contribution in [0.3, 0.4) is 0 Å². The molecular weight excluding hydrogens is 299 g/mol. The van der Waals surface area contributed by atoms with E-state index >= 15 is 0 Å². The zero-order valence-corrected chi connectivity index (χ0v) is 12.0. The fourth-order valence-electron chi connectivity index (χ4n) is 1.81. The van der Waals surface area contributed by atoms with Gasteiger partial charge in [-0.2, -0.15) is 0 Å². The van der Waals surface area contributed by atoms with E-state index in [1.165, 1.54) is 4.63 Å². The molecule has 0 spiro atoms. The molecule has 3 rings (SSSR count). The molecule has 3 aromatic rings. The first-order valence-corrected chi connectivity index (χ1v) is 6.66. The van der Waals surface area contributed by atoms with Crippen molar-refractivity contribution in [2.75, 3.05) is 5.32 Å². The minimum absolute atomic E-state index is 0.0196. The number of rotatable bonds is 3. The summed E-state index contributed by atoms with van der Waals surface area (Å²) in [4.78, 5) is 0. The number of hydrogen-bond donors (Lipinski definition) is 1. The van der Waals surface area contributed by atoms with Crippen molar-refractivity contribution < 1.29 is 0 Å². The molecule has 0 fully saturated rings. The lowest BCUT2D eigenvalue weighted by atomic mass is 10.1. The monoisotopic (exact) mass is 308 g/mol. The SMILES string of the molecule is C[C@@H](Nc1ccc2nnnn2n1)c1ccc(Cl)c(Cl)c1. The number of nitrogens with zero attached hydrogens (tertiary/aromatic N) is 5. The summed E-state index contributed by atoms with van der Waals surface area (Å²) in [5, 5.41) is 19.7. The maximum Gasteiger partial charge on any atom is 0.200 e. The second kappa shape index (κ2) is 5.22. The number of tetrazole rings is 1. The van der Waals surface area contributed by atoms with Crippen molar-refractivity contribution in [3.8, 4) is 0 Å². The van der Waals surface area contributed by atoms with Crippen molar-refractivity contribution in [1.82, 2.24) is 25.3 Å². The number of nitrogens with one attached hydrogen (secondary N) is 1. The number of hydrogen-bond acceptors (Lipinski definition) is 5. The fourth-order valence-corrected chi connectivity index (χ4v) is 2.12. The van der Waals surface area contributed by atoms with Crippen molar-refractivity contribution in [1.29, 1.82) is 0 Å². The molecule has 0 saturated heterocycles. The first kappa shape index (κ1) is 13.1. The van der Waals surface area contributed by atoms with E-state index in [-0.39, 0.29) is 6.04 Å². The summed E-state index contributed by atoms with van der Waals surface area (Å²) < 4.78 is 1.36. The van der Waals surface area contributed by atoms with E-state index in [4.69, 9.17) is 23.2 Å². The lowest BCUT2D eigenvalue weighted by molar-refractivity contribution is 0.728. The molecule has 0 amide bonds. The van der Waals surface area contributed by atoms with Crippen molar-refractivity contribution in [3.63, 3.8) is 0 Å². The Morgan fingerprint density at radius 1 is 1.15 bits per heavy atom. The summed E-state index contributed by atoms with van der Waals surface area (Å²) in [5.74, 6) is 0.670. The summed E-state index contributed by atoms with van der Waals surface area (Å²) in [6.45, 7) is 2.00. The molecule has 1 atom stereocenters. The van der Waals surface area contributed by atoms with Crippen LogP contribution < -0.4 is 5.32 Å². The van der Waals surface area contributed by atoms with E-state index in [0.29, 0.717) is 21.5 Å². The molecule has 1 aromatic carbocycles. The van der Waals surface area contributed by atoms with Gasteiger partial charge in [0, 0.05) is 0 Å². The van der Waals surface area contributed by atoms with E-state index in [0.717, 1.165) is 5.56 Å². The van der Waals surface area contributed by atoms with Gasteiger partial charge in [0.15, 0.2) is 5.65 Å². The van der Waals surface area contributed by atoms with Crippen LogP contribution in [0.2, 0.25) is 10.0 Å². The van der Waals surface area contributed by atoms with Crippen LogP contribution in [0.5, 0.6) is 0 Å². The van der Waals surface area contributed by atoms with Crippen molar-refractivity contribution in [2.45, 2.75) is 13.0 Å². The summed E-state index contributed by atoms with van der Waals surface area (Å²) in [5.41, 5.74) is 1.61. The molecule has 0 saturated carbocycles. The smallest absolute Gasteiger partial charge is 0.200 e. The quantitative estimate of drug-likeness (QED) is 0.805. The molecule has 1 N–H and O–H groups in total. The van der Waals surface area contributed by atoms with Gasteiger partial charge in [0.2, 0.25) is 0 Å². The molecule has 8 heteroatoms. The number of aromatic nitrogens is 5. The van der Waals surface area contributed by atoms with Gasteiger partial charge in [-0.25, -0.2) is 0 Å². The van der Waals surface area contributed by atoms with E-state index in [1.807, 2.05) is 25.1 Å². The normalized spacial score (nSPS) is 12.6. The summed E-state index contributed by atoms with van der Waals surface area (Å²) in [6, 6.07) is 9.15. The van der Waals surface area contributed by atoms with Gasteiger partial charge in [0.05, 0.1) is 16.1 Å². The van der Waals surface area contributed by atoms with E-state index in [9.17, 15) is 0 Å². The minimum Gasteiger partial charge on any atom is -0.362 e. The third kappa shape index (κ3) is 2.52. The highest BCUT2D eigenvalue weighted by Crippen LogP contribution is 2.26. The van der Waals surface area contributed by atoms with Crippen LogP contribution >= 0.6 is 23.2 Å². The van der Waals surface area contributed by atoms with Gasteiger partial charge < -0.3 is 5.32 Å². The van der Waals surface area contributed by atoms with Crippen molar-refractivity contribution >= 4 is 34.7 Å². The number of fused-ring (bicyclic) bond motifs is 1. The largest absolute Gasteiger partial charge is 0.362 e. The van der Waals surface area contributed by atoms with Crippen LogP contribution in [0.4, 0.5) is 5.82 Å². The number of anilines is 1. The average molecular weight is 309 g/mol. The third-order valence-electron chi connectivity index (χ3n) is 2.88. The van der Waals surface area contributed by atoms with Crippen molar-refractivity contribution in [3.05, 3.63) is 45.9 Å². The first-order chi connectivity index (χ1) is 9.63. The van der Waals surface area contributed by atoms with Gasteiger partial charge >= 0.3 is 0 Å². The van der Waals surface area contributed by atoms with Gasteiger partial charge in [-0.15, -0.1) is 14.8 Å². The lowest BCUT2D eigenvalue weighted by Crippen LogP contribution is -2.09. The Balaban J connectivity index is 1.83. The van der Waals surface area contributed by atoms with E-state index in [2.05, 4.69) is 25.9 Å². The molecule has 0 bridgehead atoms. The highest BCUT2D eigenvalue weighted by Gasteiger charge is 2.09. The molecule has 20 heavy (non-hydrogen) atoms. The highest BCUT2D eigenvalue weighted by atomic mass is 35.5. The second-order valence-electron chi connectivity index (χ2n) is 4.28. The third-order valence-corrected chi connectivity index (χ3v) is 3.62. The summed E-state index contributed by atoms with van der Waals surface area (Å²) in [6.07, 6.45) is 0. The lowest BCUT2D eigenvalue weighted by Gasteiger charge is -2.15. The van der Waals surface area contributed by atoms with E-state index < -0.39 is 0 Å². The van der Waals surface area contributed by atoms with Crippen LogP contribution in [0.15, 0.2) is 30.3 Å². The maximum absolute atomic E-state index is 6.02. The van der Waals surface area contributed by atoms with Crippen LogP contribution in [0, 0.1) is 0 Å². The molecule has 0 radical (unpaired) electrons. The van der Waals surface area contributed by atoms with Crippen LogP contribution in [-0.2, 0) is 0 Å². The summed E-state index contributed by atoms with van der Waals surface area (Å²) >= 11 is 11.9. The van der Waals surface area contributed by atoms with Gasteiger partial charge in [-0.1, -0.05) is 29.3 Å². The van der Waals surface area contributed by atoms with Gasteiger partial charge in [-0.3, -0.25) is 0 Å². The van der Waals surface area contributed by atoms with Gasteiger partial charge in [0.25, 0.3) is 0 Å². The molecule has 2 aromatic heterocycles. The maximum atomic E-state index is 6.02. The Hall–Kier alpha value is -1.92.